The molecule has 0 N–H and O–H groups in total. The molecular weight excluding hydrogens is 470 g/mol. The molecule has 0 aromatic rings. The molecule has 10 nitrogen and oxygen atoms in total. The van der Waals surface area contributed by atoms with Crippen LogP contribution in [0.4, 0.5) is 18.4 Å². The Kier molecular flexibility index (Phi) is 8.08. The summed E-state index contributed by atoms with van der Waals surface area (Å²) >= 11 is 0. The Hall–Kier alpha value is -2.92. The average Bonchev–Trinajstić information content (AvgIpc) is 3.16. The molecule has 4 atom stereocenters. The molecule has 1 aliphatic carbocycles. The molecule has 3 aliphatic rings. The first-order valence-corrected chi connectivity index (χ1v) is 11.1. The molecule has 1 saturated carbocycles. The number of likely N-dealkylation sites (tertiary alicyclic amines) is 1. The Morgan fingerprint density at radius 2 is 1.34 bits per heavy atom. The zero-order chi connectivity index (χ0) is 26.9. The summed E-state index contributed by atoms with van der Waals surface area (Å²) < 4.78 is 46.2. The summed E-state index contributed by atoms with van der Waals surface area (Å²) in [7, 11) is 2.41. The van der Waals surface area contributed by atoms with Gasteiger partial charge in [-0.15, -0.1) is 0 Å². The maximum absolute atomic E-state index is 13.4. The quantitative estimate of drug-likeness (QED) is 0.321. The number of fused-ring (bicyclic) bond motifs is 1. The van der Waals surface area contributed by atoms with E-state index in [2.05, 4.69) is 9.47 Å². The third-order valence-corrected chi connectivity index (χ3v) is 5.43. The van der Waals surface area contributed by atoms with Crippen molar-refractivity contribution in [3.05, 3.63) is 12.2 Å². The van der Waals surface area contributed by atoms with Gasteiger partial charge >= 0.3 is 24.1 Å². The van der Waals surface area contributed by atoms with E-state index in [9.17, 15) is 28.0 Å². The van der Waals surface area contributed by atoms with Gasteiger partial charge in [-0.1, -0.05) is 12.2 Å². The van der Waals surface area contributed by atoms with Gasteiger partial charge < -0.3 is 18.9 Å². The Balaban J connectivity index is 0.000000251. The number of methoxy groups -OCH3 is 2. The van der Waals surface area contributed by atoms with Crippen molar-refractivity contribution in [3.8, 4) is 0 Å². The first-order chi connectivity index (χ1) is 15.9. The van der Waals surface area contributed by atoms with Gasteiger partial charge in [0.2, 0.25) is 0 Å². The maximum atomic E-state index is 13.4. The van der Waals surface area contributed by atoms with E-state index in [1.165, 1.54) is 12.0 Å². The summed E-state index contributed by atoms with van der Waals surface area (Å²) in [5.74, 6) is -6.29. The second-order valence-electron chi connectivity index (χ2n) is 10.4. The zero-order valence-corrected chi connectivity index (χ0v) is 21.3. The van der Waals surface area contributed by atoms with Crippen molar-refractivity contribution in [1.82, 2.24) is 9.80 Å². The largest absolute Gasteiger partial charge is 0.467 e. The lowest BCUT2D eigenvalue weighted by Crippen LogP contribution is -2.48. The molecule has 0 spiro atoms. The highest BCUT2D eigenvalue weighted by Crippen LogP contribution is 2.62. The number of ether oxygens (including phenoxy) is 4. The smallest absolute Gasteiger partial charge is 0.411 e. The van der Waals surface area contributed by atoms with Gasteiger partial charge in [0.15, 0.2) is 6.04 Å². The average molecular weight is 505 g/mol. The van der Waals surface area contributed by atoms with Crippen molar-refractivity contribution in [2.45, 2.75) is 70.8 Å². The van der Waals surface area contributed by atoms with Crippen molar-refractivity contribution >= 4 is 24.1 Å². The number of carbonyl (C=O) groups is 4. The molecule has 2 aliphatic heterocycles. The molecule has 35 heavy (non-hydrogen) atoms. The van der Waals surface area contributed by atoms with E-state index < -0.39 is 65.2 Å². The number of hydrogen-bond acceptors (Lipinski definition) is 8. The number of alkyl halides is 2. The van der Waals surface area contributed by atoms with E-state index in [1.807, 2.05) is 0 Å². The summed E-state index contributed by atoms with van der Waals surface area (Å²) in [6.45, 7) is 10.5. The minimum atomic E-state index is -2.89. The molecule has 2 heterocycles. The van der Waals surface area contributed by atoms with E-state index in [1.54, 1.807) is 53.7 Å². The Morgan fingerprint density at radius 3 is 1.80 bits per heavy atom. The minimum absolute atomic E-state index is 0.174. The maximum Gasteiger partial charge on any atom is 0.411 e. The van der Waals surface area contributed by atoms with Crippen LogP contribution < -0.4 is 0 Å². The minimum Gasteiger partial charge on any atom is -0.467 e. The summed E-state index contributed by atoms with van der Waals surface area (Å²) in [6.07, 6.45) is 2.11. The molecule has 0 unspecified atom stereocenters. The number of halogens is 2. The van der Waals surface area contributed by atoms with Crippen LogP contribution in [-0.2, 0) is 28.5 Å². The van der Waals surface area contributed by atoms with E-state index >= 15 is 0 Å². The van der Waals surface area contributed by atoms with Gasteiger partial charge in [0.1, 0.15) is 17.2 Å². The lowest BCUT2D eigenvalue weighted by atomic mass is 10.2. The highest BCUT2D eigenvalue weighted by atomic mass is 19.3. The summed E-state index contributed by atoms with van der Waals surface area (Å²) in [5.41, 5.74) is -1.31. The SMILES string of the molecule is COC(=O)[C@@H]1C=CCN1C(=O)OC(C)(C)C.COC(=O)[C@@H]1[C@@H]2[C@H](CN1C(=O)OC(C)(C)C)C2(F)F. The van der Waals surface area contributed by atoms with Crippen molar-refractivity contribution in [2.75, 3.05) is 27.3 Å². The van der Waals surface area contributed by atoms with Crippen molar-refractivity contribution in [3.63, 3.8) is 0 Å². The van der Waals surface area contributed by atoms with Crippen molar-refractivity contribution in [1.29, 1.82) is 0 Å². The van der Waals surface area contributed by atoms with Crippen LogP contribution in [0.2, 0.25) is 0 Å². The van der Waals surface area contributed by atoms with Crippen LogP contribution in [0.3, 0.4) is 0 Å². The summed E-state index contributed by atoms with van der Waals surface area (Å²) in [5, 5.41) is 0. The third-order valence-electron chi connectivity index (χ3n) is 5.43. The number of esters is 2. The monoisotopic (exact) mass is 504 g/mol. The van der Waals surface area contributed by atoms with Gasteiger partial charge in [-0.05, 0) is 41.5 Å². The highest BCUT2D eigenvalue weighted by molar-refractivity contribution is 5.85. The van der Waals surface area contributed by atoms with Crippen LogP contribution in [0, 0.1) is 11.8 Å². The molecule has 0 radical (unpaired) electrons. The number of rotatable bonds is 2. The highest BCUT2D eigenvalue weighted by Gasteiger charge is 2.78. The number of carbonyl (C=O) groups excluding carboxylic acids is 4. The fraction of sp³-hybridized carbons (Fsp3) is 0.739. The molecule has 0 bridgehead atoms. The summed E-state index contributed by atoms with van der Waals surface area (Å²) in [4.78, 5) is 49.0. The molecule has 0 aromatic heterocycles. The number of nitrogens with zero attached hydrogens (tertiary/aromatic N) is 2. The van der Waals surface area contributed by atoms with Crippen LogP contribution in [0.15, 0.2) is 12.2 Å². The fourth-order valence-electron chi connectivity index (χ4n) is 3.86. The predicted molar refractivity (Wildman–Crippen MR) is 119 cm³/mol. The molecule has 12 heteroatoms. The van der Waals surface area contributed by atoms with Crippen LogP contribution in [0.5, 0.6) is 0 Å². The molecule has 0 aromatic carbocycles. The zero-order valence-electron chi connectivity index (χ0n) is 21.3. The van der Waals surface area contributed by atoms with Gasteiger partial charge in [-0.3, -0.25) is 9.80 Å². The van der Waals surface area contributed by atoms with Gasteiger partial charge in [-0.25, -0.2) is 28.0 Å². The molecule has 2 amide bonds. The van der Waals surface area contributed by atoms with E-state index in [-0.39, 0.29) is 6.54 Å². The van der Waals surface area contributed by atoms with Gasteiger partial charge in [0.25, 0.3) is 5.92 Å². The van der Waals surface area contributed by atoms with E-state index in [0.717, 1.165) is 12.0 Å². The number of hydrogen-bond donors (Lipinski definition) is 0. The van der Waals surface area contributed by atoms with Crippen molar-refractivity contribution < 1.29 is 46.9 Å². The second kappa shape index (κ2) is 9.98. The lowest BCUT2D eigenvalue weighted by Gasteiger charge is -2.29. The predicted octanol–water partition coefficient (Wildman–Crippen LogP) is 2.99. The lowest BCUT2D eigenvalue weighted by molar-refractivity contribution is -0.148. The van der Waals surface area contributed by atoms with Crippen LogP contribution in [0.25, 0.3) is 0 Å². The first-order valence-electron chi connectivity index (χ1n) is 11.1. The second-order valence-corrected chi connectivity index (χ2v) is 10.4. The number of amides is 2. The van der Waals surface area contributed by atoms with Gasteiger partial charge in [0.05, 0.1) is 26.1 Å². The van der Waals surface area contributed by atoms with Gasteiger partial charge in [0, 0.05) is 13.1 Å². The van der Waals surface area contributed by atoms with Crippen LogP contribution in [0.1, 0.15) is 41.5 Å². The molecular formula is C23H34F2N2O8. The van der Waals surface area contributed by atoms with Crippen LogP contribution >= 0.6 is 0 Å². The standard InChI is InChI=1S/C12H17F2NO4.C11H17NO4/c1-11(2,3)19-10(17)15-5-6-7(12(6,13)14)8(15)9(16)18-4;1-11(2,3)16-10(14)12-7-5-6-8(12)9(13)15-4/h6-8H,5H2,1-4H3;5-6,8H,7H2,1-4H3/t6-,7-,8-;8-/m00/s1. The molecule has 1 saturated heterocycles. The fourth-order valence-corrected chi connectivity index (χ4v) is 3.86. The summed E-state index contributed by atoms with van der Waals surface area (Å²) in [6, 6.07) is -1.92. The Labute approximate surface area is 203 Å². The Morgan fingerprint density at radius 1 is 0.857 bits per heavy atom. The topological polar surface area (TPSA) is 112 Å². The Bertz CT molecular complexity index is 878. The van der Waals surface area contributed by atoms with Crippen LogP contribution in [-0.4, -0.2) is 90.4 Å². The number of piperidine rings is 1. The normalized spacial score (nSPS) is 26.2. The van der Waals surface area contributed by atoms with Gasteiger partial charge in [-0.2, -0.15) is 0 Å². The first kappa shape index (κ1) is 28.3. The third kappa shape index (κ3) is 6.61. The van der Waals surface area contributed by atoms with E-state index in [0.29, 0.717) is 6.54 Å². The van der Waals surface area contributed by atoms with E-state index in [4.69, 9.17) is 9.47 Å². The van der Waals surface area contributed by atoms with Crippen molar-refractivity contribution in [2.24, 2.45) is 11.8 Å². The molecule has 3 rings (SSSR count). The molecule has 2 fully saturated rings. The molecule has 198 valence electrons.